The van der Waals surface area contributed by atoms with Crippen LogP contribution in [0.5, 0.6) is 5.75 Å². The molecule has 22 heavy (non-hydrogen) atoms. The van der Waals surface area contributed by atoms with Gasteiger partial charge in [0, 0.05) is 13.6 Å². The molecule has 0 radical (unpaired) electrons. The SMILES string of the molecule is COc1ccc(CCN(C)S(=O)(=O)c2ccc(F)cc2)cc1. The van der Waals surface area contributed by atoms with E-state index in [1.54, 1.807) is 7.11 Å². The van der Waals surface area contributed by atoms with Gasteiger partial charge >= 0.3 is 0 Å². The molecule has 2 aromatic rings. The molecule has 0 aliphatic carbocycles. The minimum atomic E-state index is -3.60. The molecule has 0 heterocycles. The largest absolute Gasteiger partial charge is 0.497 e. The quantitative estimate of drug-likeness (QED) is 0.821. The molecule has 0 atom stereocenters. The zero-order valence-corrected chi connectivity index (χ0v) is 13.3. The maximum atomic E-state index is 12.9. The number of ether oxygens (including phenoxy) is 1. The molecule has 4 nitrogen and oxygen atoms in total. The summed E-state index contributed by atoms with van der Waals surface area (Å²) in [6.07, 6.45) is 0.584. The van der Waals surface area contributed by atoms with Crippen molar-refractivity contribution < 1.29 is 17.5 Å². The average molecular weight is 323 g/mol. The molecule has 0 spiro atoms. The van der Waals surface area contributed by atoms with Gasteiger partial charge in [0.15, 0.2) is 0 Å². The molecule has 0 unspecified atom stereocenters. The van der Waals surface area contributed by atoms with Crippen LogP contribution in [0.3, 0.4) is 0 Å². The summed E-state index contributed by atoms with van der Waals surface area (Å²) in [7, 11) is -0.485. The highest BCUT2D eigenvalue weighted by atomic mass is 32.2. The van der Waals surface area contributed by atoms with Gasteiger partial charge in [0.25, 0.3) is 0 Å². The van der Waals surface area contributed by atoms with Crippen LogP contribution in [-0.2, 0) is 16.4 Å². The van der Waals surface area contributed by atoms with Gasteiger partial charge in [-0.05, 0) is 48.4 Å². The molecule has 0 aromatic heterocycles. The lowest BCUT2D eigenvalue weighted by Gasteiger charge is -2.17. The van der Waals surface area contributed by atoms with Crippen molar-refractivity contribution >= 4 is 10.0 Å². The Morgan fingerprint density at radius 3 is 2.18 bits per heavy atom. The molecule has 2 aromatic carbocycles. The first-order valence-electron chi connectivity index (χ1n) is 6.78. The van der Waals surface area contributed by atoms with Gasteiger partial charge in [0.1, 0.15) is 11.6 Å². The van der Waals surface area contributed by atoms with Crippen molar-refractivity contribution in [3.05, 3.63) is 59.9 Å². The molecule has 2 rings (SSSR count). The van der Waals surface area contributed by atoms with Crippen molar-refractivity contribution in [2.75, 3.05) is 20.7 Å². The van der Waals surface area contributed by atoms with E-state index in [1.165, 1.54) is 23.5 Å². The van der Waals surface area contributed by atoms with Crippen LogP contribution in [0, 0.1) is 5.82 Å². The van der Waals surface area contributed by atoms with Crippen LogP contribution in [0.4, 0.5) is 4.39 Å². The zero-order valence-electron chi connectivity index (χ0n) is 12.5. The summed E-state index contributed by atoms with van der Waals surface area (Å²) in [5.74, 6) is 0.302. The van der Waals surface area contributed by atoms with Crippen molar-refractivity contribution in [2.24, 2.45) is 0 Å². The molecule has 0 fully saturated rings. The molecule has 0 saturated carbocycles. The first kappa shape index (κ1) is 16.5. The summed E-state index contributed by atoms with van der Waals surface area (Å²) in [6, 6.07) is 12.3. The van der Waals surface area contributed by atoms with Crippen LogP contribution >= 0.6 is 0 Å². The third-order valence-corrected chi connectivity index (χ3v) is 5.27. The number of halogens is 1. The molecule has 0 saturated heterocycles. The predicted molar refractivity (Wildman–Crippen MR) is 82.9 cm³/mol. The van der Waals surface area contributed by atoms with E-state index in [0.717, 1.165) is 23.4 Å². The molecule has 0 bridgehead atoms. The average Bonchev–Trinajstić information content (AvgIpc) is 2.53. The summed E-state index contributed by atoms with van der Waals surface area (Å²) in [4.78, 5) is 0.0890. The van der Waals surface area contributed by atoms with Gasteiger partial charge in [-0.15, -0.1) is 0 Å². The van der Waals surface area contributed by atoms with Gasteiger partial charge in [0.2, 0.25) is 10.0 Å². The van der Waals surface area contributed by atoms with E-state index in [9.17, 15) is 12.8 Å². The Labute approximate surface area is 130 Å². The Morgan fingerprint density at radius 1 is 1.05 bits per heavy atom. The minimum absolute atomic E-state index is 0.0890. The van der Waals surface area contributed by atoms with Crippen LogP contribution in [0.15, 0.2) is 53.4 Å². The van der Waals surface area contributed by atoms with Gasteiger partial charge in [0.05, 0.1) is 12.0 Å². The lowest BCUT2D eigenvalue weighted by Crippen LogP contribution is -2.29. The van der Waals surface area contributed by atoms with Gasteiger partial charge in [-0.25, -0.2) is 17.1 Å². The van der Waals surface area contributed by atoms with Crippen LogP contribution in [0.1, 0.15) is 5.56 Å². The third-order valence-electron chi connectivity index (χ3n) is 3.40. The molecule has 0 aliphatic heterocycles. The second kappa shape index (κ2) is 6.89. The van der Waals surface area contributed by atoms with Gasteiger partial charge < -0.3 is 4.74 Å². The number of benzene rings is 2. The minimum Gasteiger partial charge on any atom is -0.497 e. The monoisotopic (exact) mass is 323 g/mol. The van der Waals surface area contributed by atoms with Gasteiger partial charge in [-0.1, -0.05) is 12.1 Å². The zero-order chi connectivity index (χ0) is 16.2. The highest BCUT2D eigenvalue weighted by Crippen LogP contribution is 2.16. The molecular formula is C16H18FNO3S. The number of likely N-dealkylation sites (N-methyl/N-ethyl adjacent to an activating group) is 1. The maximum Gasteiger partial charge on any atom is 0.242 e. The number of methoxy groups -OCH3 is 1. The summed E-state index contributed by atoms with van der Waals surface area (Å²) in [6.45, 7) is 0.339. The smallest absolute Gasteiger partial charge is 0.242 e. The Bertz CT molecular complexity index is 712. The van der Waals surface area contributed by atoms with E-state index in [2.05, 4.69) is 0 Å². The highest BCUT2D eigenvalue weighted by Gasteiger charge is 2.20. The van der Waals surface area contributed by atoms with Crippen LogP contribution in [0.25, 0.3) is 0 Å². The fourth-order valence-corrected chi connectivity index (χ4v) is 3.16. The van der Waals surface area contributed by atoms with E-state index in [1.807, 2.05) is 24.3 Å². The summed E-state index contributed by atoms with van der Waals surface area (Å²) in [5, 5.41) is 0. The Kier molecular flexibility index (Phi) is 5.15. The van der Waals surface area contributed by atoms with Gasteiger partial charge in [-0.2, -0.15) is 0 Å². The van der Waals surface area contributed by atoms with Crippen molar-refractivity contribution in [3.63, 3.8) is 0 Å². The fraction of sp³-hybridized carbons (Fsp3) is 0.250. The predicted octanol–water partition coefficient (Wildman–Crippen LogP) is 2.70. The maximum absolute atomic E-state index is 12.9. The van der Waals surface area contributed by atoms with E-state index in [4.69, 9.17) is 4.74 Å². The first-order valence-corrected chi connectivity index (χ1v) is 8.22. The van der Waals surface area contributed by atoms with E-state index in [0.29, 0.717) is 13.0 Å². The number of hydrogen-bond donors (Lipinski definition) is 0. The molecule has 0 N–H and O–H groups in total. The van der Waals surface area contributed by atoms with Crippen LogP contribution < -0.4 is 4.74 Å². The fourth-order valence-electron chi connectivity index (χ4n) is 1.99. The third kappa shape index (κ3) is 3.84. The van der Waals surface area contributed by atoms with Gasteiger partial charge in [-0.3, -0.25) is 0 Å². The molecule has 0 aliphatic rings. The number of rotatable bonds is 6. The van der Waals surface area contributed by atoms with Crippen LogP contribution in [-0.4, -0.2) is 33.4 Å². The second-order valence-electron chi connectivity index (χ2n) is 4.88. The lowest BCUT2D eigenvalue weighted by atomic mass is 10.1. The van der Waals surface area contributed by atoms with E-state index < -0.39 is 15.8 Å². The first-order chi connectivity index (χ1) is 10.4. The Hall–Kier alpha value is -1.92. The lowest BCUT2D eigenvalue weighted by molar-refractivity contribution is 0.414. The van der Waals surface area contributed by atoms with Crippen molar-refractivity contribution in [1.29, 1.82) is 0 Å². The van der Waals surface area contributed by atoms with Crippen molar-refractivity contribution in [1.82, 2.24) is 4.31 Å². The summed E-state index contributed by atoms with van der Waals surface area (Å²) >= 11 is 0. The molecule has 118 valence electrons. The Balaban J connectivity index is 2.04. The van der Waals surface area contributed by atoms with Crippen molar-refractivity contribution in [2.45, 2.75) is 11.3 Å². The highest BCUT2D eigenvalue weighted by molar-refractivity contribution is 7.89. The standard InChI is InChI=1S/C16H18FNO3S/c1-18(12-11-13-3-7-15(21-2)8-4-13)22(19,20)16-9-5-14(17)6-10-16/h3-10H,11-12H2,1-2H3. The van der Waals surface area contributed by atoms with Crippen LogP contribution in [0.2, 0.25) is 0 Å². The molecule has 6 heteroatoms. The van der Waals surface area contributed by atoms with E-state index in [-0.39, 0.29) is 4.90 Å². The number of sulfonamides is 1. The summed E-state index contributed by atoms with van der Waals surface area (Å²) in [5.41, 5.74) is 1.02. The molecular weight excluding hydrogens is 305 g/mol. The van der Waals surface area contributed by atoms with Crippen molar-refractivity contribution in [3.8, 4) is 5.75 Å². The second-order valence-corrected chi connectivity index (χ2v) is 6.92. The topological polar surface area (TPSA) is 46.6 Å². The molecule has 0 amide bonds. The normalized spacial score (nSPS) is 11.6. The van der Waals surface area contributed by atoms with E-state index >= 15 is 0 Å². The summed E-state index contributed by atoms with van der Waals surface area (Å²) < 4.78 is 43.9. The Morgan fingerprint density at radius 2 is 1.64 bits per heavy atom. The number of nitrogens with zero attached hydrogens (tertiary/aromatic N) is 1. The number of hydrogen-bond acceptors (Lipinski definition) is 3.